The van der Waals surface area contributed by atoms with E-state index in [1.165, 1.54) is 86.7 Å². The van der Waals surface area contributed by atoms with Gasteiger partial charge in [0.2, 0.25) is 5.71 Å². The van der Waals surface area contributed by atoms with Gasteiger partial charge >= 0.3 is 0 Å². The van der Waals surface area contributed by atoms with Gasteiger partial charge in [-0.2, -0.15) is 10.2 Å². The Morgan fingerprint density at radius 2 is 0.919 bits per heavy atom. The highest BCUT2D eigenvalue weighted by molar-refractivity contribution is 7.16. The largest absolute Gasteiger partial charge is 0.491 e. The average Bonchev–Trinajstić information content (AvgIpc) is 1.51. The fraction of sp³-hybridized carbons (Fsp3) is 0.295. The van der Waals surface area contributed by atoms with Crippen molar-refractivity contribution < 1.29 is 13.6 Å². The number of oxazole rings is 1. The number of hydrogen-bond acceptors (Lipinski definition) is 18. The van der Waals surface area contributed by atoms with Crippen LogP contribution in [0.25, 0.3) is 60.4 Å². The summed E-state index contributed by atoms with van der Waals surface area (Å²) in [5.74, 6) is 0.956. The number of allylic oxidation sites excluding steroid dienone is 1. The number of fused-ring (bicyclic) bond motifs is 11. The van der Waals surface area contributed by atoms with Crippen LogP contribution < -0.4 is 4.74 Å². The van der Waals surface area contributed by atoms with E-state index in [0.29, 0.717) is 12.3 Å². The molecule has 0 unspecified atom stereocenters. The van der Waals surface area contributed by atoms with Gasteiger partial charge in [-0.1, -0.05) is 298 Å². The lowest BCUT2D eigenvalue weighted by Crippen LogP contribution is -1.85. The van der Waals surface area contributed by atoms with Crippen LogP contribution in [-0.2, 0) is 45.2 Å². The van der Waals surface area contributed by atoms with Crippen LogP contribution in [-0.4, -0.2) is 68.9 Å². The van der Waals surface area contributed by atoms with E-state index in [-0.39, 0.29) is 0 Å². The number of aryl methyl sites for hydroxylation is 2. The summed E-state index contributed by atoms with van der Waals surface area (Å²) in [6.45, 7) is 46.3. The Morgan fingerprint density at radius 3 is 1.56 bits per heavy atom. The number of para-hydroxylation sites is 7. The number of furan rings is 1. The molecule has 22 rings (SSSR count). The highest BCUT2D eigenvalue weighted by Gasteiger charge is 2.11. The molecule has 0 fully saturated rings. The molecule has 4 aliphatic heterocycles. The summed E-state index contributed by atoms with van der Waals surface area (Å²) in [5.41, 5.74) is 22.2. The van der Waals surface area contributed by atoms with Crippen LogP contribution in [0, 0.1) is 0 Å². The second-order valence-electron chi connectivity index (χ2n) is 22.6. The van der Waals surface area contributed by atoms with Crippen LogP contribution in [0.5, 0.6) is 5.75 Å². The standard InChI is InChI=1S/C9H7N.C9H8.C8H6N2.C8H9N.2C8H7N.C7H7NO.C7H5NO.C7H5NS.C6H5N3.C6H4N2O.11C2H6/c1-2-6-9-8(4-1)5-3-7-10-9;1-2-5-9-7-3-6-8(9)4-1;1-2-4-8-7(3-1)9-5-6-10-8;1-3-7-4-2-6-9-8(7)5-1;1-2-4-8-6-9-5-7(8)3-1;1-2-4-8-7(3-1)5-6-9-8;1-3-8-5-7-6(1)2-4-9-7;2*1-2-4-7-6(3-1)8-5-9-7;1-2-5-6(7-3-1)4-8-9-5;1-2-9-6-5(1)3-7-4-8-6;11*1-2/h1-7H;1-6H,7H2;1-6H;2,4,6H,1,3,5H2;1-5H,6H2;1-4,6H,5H2;1,3,5H,2,4H2;2*1-5H;1-3H,4H2;1-4H;11*1-2H3. The topological polar surface area (TPSA) is 214 Å². The Hall–Kier alpha value is -12.8. The fourth-order valence-corrected chi connectivity index (χ4v) is 11.4. The van der Waals surface area contributed by atoms with Gasteiger partial charge in [-0.15, -0.1) is 11.3 Å². The Kier molecular flexibility index (Phi) is 64.4. The molecule has 0 atom stereocenters. The summed E-state index contributed by atoms with van der Waals surface area (Å²) in [6.07, 6.45) is 33.8. The Balaban J connectivity index is 0.000000661. The van der Waals surface area contributed by atoms with E-state index in [2.05, 4.69) is 149 Å². The van der Waals surface area contributed by atoms with Crippen molar-refractivity contribution in [1.29, 1.82) is 0 Å². The third-order valence-corrected chi connectivity index (χ3v) is 16.7. The van der Waals surface area contributed by atoms with Gasteiger partial charge in [-0.3, -0.25) is 39.9 Å². The maximum absolute atomic E-state index is 5.24. The highest BCUT2D eigenvalue weighted by Crippen LogP contribution is 2.26. The summed E-state index contributed by atoms with van der Waals surface area (Å²) < 4.78 is 16.5. The van der Waals surface area contributed by atoms with Crippen molar-refractivity contribution in [2.45, 2.75) is 204 Å². The van der Waals surface area contributed by atoms with Crippen LogP contribution in [0.3, 0.4) is 0 Å². The number of benzene rings is 7. The predicted octanol–water partition coefficient (Wildman–Crippen LogP) is 30.6. The predicted molar refractivity (Wildman–Crippen MR) is 529 cm³/mol. The quantitative estimate of drug-likeness (QED) is 0.138. The molecule has 0 saturated heterocycles. The molecule has 2 aliphatic carbocycles. The monoisotopic (exact) mass is 1670 g/mol. The second kappa shape index (κ2) is 73.1. The molecule has 17 nitrogen and oxygen atoms in total. The minimum atomic E-state index is 0.644. The molecule has 0 bridgehead atoms. The molecule has 0 amide bonds. The van der Waals surface area contributed by atoms with Crippen LogP contribution in [0.1, 0.15) is 209 Å². The Morgan fingerprint density at radius 1 is 0.358 bits per heavy atom. The van der Waals surface area contributed by atoms with Crippen molar-refractivity contribution in [3.05, 3.63) is 349 Å². The van der Waals surface area contributed by atoms with E-state index in [1.807, 2.05) is 334 Å². The normalized spacial score (nSPS) is 10.7. The summed E-state index contributed by atoms with van der Waals surface area (Å²) in [4.78, 5) is 48.7. The maximum atomic E-state index is 5.24. The van der Waals surface area contributed by atoms with Gasteiger partial charge in [0.25, 0.3) is 0 Å². The summed E-state index contributed by atoms with van der Waals surface area (Å²) >= 11 is 1.68. The van der Waals surface area contributed by atoms with Crippen LogP contribution in [0.4, 0.5) is 11.4 Å². The molecule has 18 heteroatoms. The molecule has 650 valence electrons. The third-order valence-electron chi connectivity index (χ3n) is 15.9. The molecule has 9 aromatic heterocycles. The summed E-state index contributed by atoms with van der Waals surface area (Å²) in [5, 5.41) is 9.82. The number of aliphatic imine (C=N–C) groups is 2. The smallest absolute Gasteiger partial charge is 0.228 e. The minimum absolute atomic E-state index is 0.644. The number of pyridine rings is 4. The van der Waals surface area contributed by atoms with E-state index in [0.717, 1.165) is 93.8 Å². The van der Waals surface area contributed by atoms with Gasteiger partial charge in [0.15, 0.2) is 12.0 Å². The number of rotatable bonds is 0. The average molecular weight is 1670 g/mol. The van der Waals surface area contributed by atoms with Crippen LogP contribution in [0.2, 0.25) is 0 Å². The minimum Gasteiger partial charge on any atom is -0.491 e. The zero-order valence-corrected chi connectivity index (χ0v) is 78.1. The van der Waals surface area contributed by atoms with E-state index in [4.69, 9.17) is 13.6 Å². The molecular weight excluding hydrogens is 1540 g/mol. The second-order valence-corrected chi connectivity index (χ2v) is 23.5. The molecular formula is C105H136N14O3S. The van der Waals surface area contributed by atoms with Gasteiger partial charge in [-0.25, -0.2) is 19.9 Å². The number of aromatic nitrogens is 10. The number of thiazole rings is 1. The number of hydrogen-bond donors (Lipinski definition) is 0. The first-order valence-corrected chi connectivity index (χ1v) is 44.9. The van der Waals surface area contributed by atoms with Crippen molar-refractivity contribution in [3.8, 4) is 5.75 Å². The molecule has 6 aliphatic rings. The van der Waals surface area contributed by atoms with E-state index < -0.39 is 0 Å². The van der Waals surface area contributed by atoms with Crippen LogP contribution >= 0.6 is 11.3 Å². The lowest BCUT2D eigenvalue weighted by atomic mass is 10.1. The molecule has 13 heterocycles. The molecule has 0 saturated carbocycles. The molecule has 16 aromatic rings. The van der Waals surface area contributed by atoms with Gasteiger partial charge in [0.1, 0.15) is 29.8 Å². The summed E-state index contributed by atoms with van der Waals surface area (Å²) in [7, 11) is 0. The molecule has 0 N–H and O–H groups in total. The van der Waals surface area contributed by atoms with Crippen molar-refractivity contribution >= 4 is 95.6 Å². The van der Waals surface area contributed by atoms with Crippen molar-refractivity contribution in [1.82, 2.24) is 49.8 Å². The van der Waals surface area contributed by atoms with Gasteiger partial charge in [0, 0.05) is 85.3 Å². The van der Waals surface area contributed by atoms with E-state index in [1.54, 1.807) is 54.8 Å². The third kappa shape index (κ3) is 40.4. The van der Waals surface area contributed by atoms with Gasteiger partial charge < -0.3 is 13.6 Å². The number of azo groups is 1. The Labute approximate surface area is 739 Å². The maximum Gasteiger partial charge on any atom is 0.228 e. The SMILES string of the molecule is C1=Cc2ccccc2C1.C1=NCc2ccccc21.C1=Nc2ccccc2C1.CC.CC.CC.CC.CC.CC.CC.CC.CC.CC.CC.c1cc2c(cn1)OCC2.c1ccc2ncccc2c1.c1ccc2nccnc2c1.c1ccc2ocnc2c1.c1ccc2scnc2c1.c1cnc2c(c1)CCC2.c1cnc2c(c1)N=NC2.c1ncc2ccoc2n1. The van der Waals surface area contributed by atoms with Crippen molar-refractivity contribution in [2.75, 3.05) is 6.61 Å². The van der Waals surface area contributed by atoms with E-state index >= 15 is 0 Å². The number of nitrogens with zero attached hydrogens (tertiary/aromatic N) is 14. The zero-order valence-electron chi connectivity index (χ0n) is 77.3. The molecule has 7 aromatic carbocycles. The molecule has 0 spiro atoms. The zero-order chi connectivity index (χ0) is 90.6. The first-order valence-electron chi connectivity index (χ1n) is 44.0. The van der Waals surface area contributed by atoms with Crippen molar-refractivity contribution in [2.24, 2.45) is 20.2 Å². The fourth-order valence-electron chi connectivity index (χ4n) is 10.7. The first-order chi connectivity index (χ1) is 61.1. The lowest BCUT2D eigenvalue weighted by molar-refractivity contribution is 0.355. The van der Waals surface area contributed by atoms with E-state index in [9.17, 15) is 0 Å². The summed E-state index contributed by atoms with van der Waals surface area (Å²) in [6, 6.07) is 72.5. The molecule has 0 radical (unpaired) electrons. The molecule has 123 heavy (non-hydrogen) atoms. The van der Waals surface area contributed by atoms with Gasteiger partial charge in [-0.05, 0) is 144 Å². The first kappa shape index (κ1) is 108. The Bertz CT molecular complexity index is 4580. The lowest BCUT2D eigenvalue weighted by Gasteiger charge is -1.93. The highest BCUT2D eigenvalue weighted by atomic mass is 32.1. The van der Waals surface area contributed by atoms with Crippen LogP contribution in [0.15, 0.2) is 328 Å². The number of ether oxygens (including phenoxy) is 1. The van der Waals surface area contributed by atoms with Crippen molar-refractivity contribution in [3.63, 3.8) is 0 Å². The van der Waals surface area contributed by atoms with Gasteiger partial charge in [0.05, 0.1) is 74.7 Å².